The number of methoxy groups -OCH3 is 1. The van der Waals surface area contributed by atoms with Gasteiger partial charge >= 0.3 is 12.2 Å². The lowest BCUT2D eigenvalue weighted by Gasteiger charge is -2.40. The Hall–Kier alpha value is -4.89. The first-order valence-corrected chi connectivity index (χ1v) is 14.7. The van der Waals surface area contributed by atoms with Crippen LogP contribution in [0.2, 0.25) is 0 Å². The molecule has 0 atom stereocenters. The zero-order valence-electron chi connectivity index (χ0n) is 25.2. The van der Waals surface area contributed by atoms with Gasteiger partial charge in [-0.25, -0.2) is 9.78 Å². The largest absolute Gasteiger partial charge is 0.494 e. The normalized spacial score (nSPS) is 16.0. The summed E-state index contributed by atoms with van der Waals surface area (Å²) in [5, 5.41) is 10.0. The fourth-order valence-corrected chi connectivity index (χ4v) is 5.41. The standard InChI is InChI=1S/C31H35F3N8O4/c1-3-27(43)36-20-5-4-6-21(17-20)37-30(44)40-28-24(31(32,33)34)19-35-29(39-28)38-25-8-7-23(18-26(25)45-2)41-11-9-22(10-12-41)42-13-15-46-16-14-42/h3-8,17-19,22H,1,9-16H2,2H3,(H,36,43)(H3,35,37,38,39,40,44). The van der Waals surface area contributed by atoms with Gasteiger partial charge in [0.05, 0.1) is 26.0 Å². The molecule has 2 fully saturated rings. The predicted molar refractivity (Wildman–Crippen MR) is 169 cm³/mol. The van der Waals surface area contributed by atoms with Gasteiger partial charge in [0, 0.05) is 61.5 Å². The number of hydrogen-bond acceptors (Lipinski definition) is 9. The highest BCUT2D eigenvalue weighted by atomic mass is 19.4. The summed E-state index contributed by atoms with van der Waals surface area (Å²) in [4.78, 5) is 36.9. The van der Waals surface area contributed by atoms with Gasteiger partial charge in [0.2, 0.25) is 11.9 Å². The number of aromatic nitrogens is 2. The average Bonchev–Trinajstić information content (AvgIpc) is 3.05. The fraction of sp³-hybridized carbons (Fsp3) is 0.355. The minimum Gasteiger partial charge on any atom is -0.494 e. The van der Waals surface area contributed by atoms with E-state index in [1.54, 1.807) is 18.2 Å². The number of amides is 3. The number of benzene rings is 2. The first-order valence-electron chi connectivity index (χ1n) is 14.7. The van der Waals surface area contributed by atoms with Gasteiger partial charge in [-0.3, -0.25) is 15.0 Å². The van der Waals surface area contributed by atoms with Gasteiger partial charge in [-0.1, -0.05) is 12.6 Å². The van der Waals surface area contributed by atoms with E-state index in [4.69, 9.17) is 9.47 Å². The molecule has 2 aliphatic heterocycles. The second-order valence-electron chi connectivity index (χ2n) is 10.7. The van der Waals surface area contributed by atoms with Crippen molar-refractivity contribution in [1.82, 2.24) is 14.9 Å². The molecule has 5 rings (SSSR count). The summed E-state index contributed by atoms with van der Waals surface area (Å²) in [7, 11) is 1.50. The molecule has 0 spiro atoms. The number of urea groups is 1. The third-order valence-corrected chi connectivity index (χ3v) is 7.72. The van der Waals surface area contributed by atoms with Crippen LogP contribution in [0.1, 0.15) is 18.4 Å². The van der Waals surface area contributed by atoms with Gasteiger partial charge < -0.3 is 30.3 Å². The lowest BCUT2D eigenvalue weighted by molar-refractivity contribution is -0.137. The molecule has 2 aliphatic rings. The molecule has 4 N–H and O–H groups in total. The van der Waals surface area contributed by atoms with Gasteiger partial charge in [-0.05, 0) is 49.2 Å². The van der Waals surface area contributed by atoms with E-state index in [2.05, 4.69) is 47.6 Å². The molecular formula is C31H35F3N8O4. The Morgan fingerprint density at radius 3 is 2.41 bits per heavy atom. The maximum absolute atomic E-state index is 13.8. The summed E-state index contributed by atoms with van der Waals surface area (Å²) >= 11 is 0. The molecule has 244 valence electrons. The monoisotopic (exact) mass is 640 g/mol. The molecular weight excluding hydrogens is 605 g/mol. The Balaban J connectivity index is 1.27. The number of ether oxygens (including phenoxy) is 2. The Morgan fingerprint density at radius 1 is 1.02 bits per heavy atom. The molecule has 3 amide bonds. The zero-order chi connectivity index (χ0) is 32.7. The van der Waals surface area contributed by atoms with Crippen LogP contribution in [0.4, 0.5) is 52.5 Å². The number of piperidine rings is 1. The van der Waals surface area contributed by atoms with Crippen LogP contribution >= 0.6 is 0 Å². The van der Waals surface area contributed by atoms with E-state index in [1.165, 1.54) is 19.2 Å². The fourth-order valence-electron chi connectivity index (χ4n) is 5.41. The van der Waals surface area contributed by atoms with Crippen molar-refractivity contribution in [1.29, 1.82) is 0 Å². The second kappa shape index (κ2) is 14.5. The number of anilines is 6. The Bertz CT molecular complexity index is 1560. The maximum Gasteiger partial charge on any atom is 0.421 e. The van der Waals surface area contributed by atoms with Crippen molar-refractivity contribution in [3.05, 3.63) is 66.9 Å². The third-order valence-electron chi connectivity index (χ3n) is 7.72. The molecule has 2 aromatic carbocycles. The maximum atomic E-state index is 13.8. The smallest absolute Gasteiger partial charge is 0.421 e. The van der Waals surface area contributed by atoms with E-state index in [0.29, 0.717) is 29.4 Å². The van der Waals surface area contributed by atoms with Crippen molar-refractivity contribution >= 4 is 46.5 Å². The summed E-state index contributed by atoms with van der Waals surface area (Å²) in [6, 6.07) is 11.1. The molecule has 0 unspecified atom stereocenters. The van der Waals surface area contributed by atoms with Crippen LogP contribution in [-0.2, 0) is 15.7 Å². The molecule has 3 heterocycles. The van der Waals surface area contributed by atoms with Crippen LogP contribution in [0.3, 0.4) is 0 Å². The molecule has 0 saturated carbocycles. The number of halogens is 3. The Kier molecular flexibility index (Phi) is 10.2. The van der Waals surface area contributed by atoms with Crippen LogP contribution in [0.25, 0.3) is 0 Å². The summed E-state index contributed by atoms with van der Waals surface area (Å²) in [6.45, 7) is 8.58. The van der Waals surface area contributed by atoms with Crippen LogP contribution in [-0.4, -0.2) is 79.4 Å². The molecule has 0 aliphatic carbocycles. The van der Waals surface area contributed by atoms with E-state index in [0.717, 1.165) is 64.0 Å². The molecule has 1 aromatic heterocycles. The van der Waals surface area contributed by atoms with Gasteiger partial charge in [-0.15, -0.1) is 0 Å². The number of nitrogens with one attached hydrogen (secondary N) is 4. The van der Waals surface area contributed by atoms with Crippen LogP contribution in [0.5, 0.6) is 5.75 Å². The van der Waals surface area contributed by atoms with Crippen molar-refractivity contribution in [3.8, 4) is 5.75 Å². The Labute approximate surface area is 264 Å². The van der Waals surface area contributed by atoms with Gasteiger partial charge in [0.25, 0.3) is 0 Å². The van der Waals surface area contributed by atoms with Gasteiger partial charge in [0.1, 0.15) is 11.3 Å². The quantitative estimate of drug-likeness (QED) is 0.230. The summed E-state index contributed by atoms with van der Waals surface area (Å²) in [6.07, 6.45) is -1.11. The Morgan fingerprint density at radius 2 is 1.74 bits per heavy atom. The van der Waals surface area contributed by atoms with Crippen LogP contribution in [0, 0.1) is 0 Å². The van der Waals surface area contributed by atoms with Crippen molar-refractivity contribution in [2.24, 2.45) is 0 Å². The van der Waals surface area contributed by atoms with E-state index >= 15 is 0 Å². The first kappa shape index (κ1) is 32.5. The summed E-state index contributed by atoms with van der Waals surface area (Å²) in [5.41, 5.74) is 0.731. The molecule has 0 bridgehead atoms. The number of carbonyl (C=O) groups excluding carboxylic acids is 2. The molecule has 12 nitrogen and oxygen atoms in total. The van der Waals surface area contributed by atoms with Crippen molar-refractivity contribution in [3.63, 3.8) is 0 Å². The molecule has 15 heteroatoms. The number of nitrogens with zero attached hydrogens (tertiary/aromatic N) is 4. The SMILES string of the molecule is C=CC(=O)Nc1cccc(NC(=O)Nc2nc(Nc3ccc(N4CCC(N5CCOCC5)CC4)cc3OC)ncc2C(F)(F)F)c1. The molecule has 0 radical (unpaired) electrons. The summed E-state index contributed by atoms with van der Waals surface area (Å²) in [5.74, 6) is -0.952. The van der Waals surface area contributed by atoms with Gasteiger partial charge in [-0.2, -0.15) is 18.2 Å². The van der Waals surface area contributed by atoms with Crippen molar-refractivity contribution in [2.45, 2.75) is 25.1 Å². The van der Waals surface area contributed by atoms with Gasteiger partial charge in [0.15, 0.2) is 5.82 Å². The lowest BCUT2D eigenvalue weighted by Crippen LogP contribution is -2.49. The highest BCUT2D eigenvalue weighted by Gasteiger charge is 2.36. The average molecular weight is 641 g/mol. The summed E-state index contributed by atoms with van der Waals surface area (Å²) < 4.78 is 52.5. The third kappa shape index (κ3) is 8.22. The number of hydrogen-bond donors (Lipinski definition) is 4. The van der Waals surface area contributed by atoms with Crippen molar-refractivity contribution < 1.29 is 32.2 Å². The number of carbonyl (C=O) groups is 2. The second-order valence-corrected chi connectivity index (χ2v) is 10.7. The van der Waals surface area contributed by atoms with Crippen LogP contribution < -0.4 is 30.9 Å². The predicted octanol–water partition coefficient (Wildman–Crippen LogP) is 5.32. The minimum atomic E-state index is -4.84. The number of alkyl halides is 3. The topological polar surface area (TPSA) is 133 Å². The van der Waals surface area contributed by atoms with Crippen LogP contribution in [0.15, 0.2) is 61.3 Å². The highest BCUT2D eigenvalue weighted by Crippen LogP contribution is 2.36. The molecule has 2 saturated heterocycles. The van der Waals surface area contributed by atoms with E-state index < -0.39 is 29.5 Å². The lowest BCUT2D eigenvalue weighted by atomic mass is 10.0. The highest BCUT2D eigenvalue weighted by molar-refractivity contribution is 6.01. The number of morpholine rings is 1. The minimum absolute atomic E-state index is 0.185. The van der Waals surface area contributed by atoms with Crippen molar-refractivity contribution in [2.75, 3.05) is 72.7 Å². The first-order chi connectivity index (χ1) is 22.1. The molecule has 46 heavy (non-hydrogen) atoms. The molecule has 3 aromatic rings. The van der Waals surface area contributed by atoms with E-state index in [9.17, 15) is 22.8 Å². The van der Waals surface area contributed by atoms with E-state index in [-0.39, 0.29) is 11.6 Å². The number of rotatable bonds is 9. The van der Waals surface area contributed by atoms with E-state index in [1.807, 2.05) is 12.1 Å². The zero-order valence-corrected chi connectivity index (χ0v) is 25.2.